The first-order chi connectivity index (χ1) is 13.7. The maximum Gasteiger partial charge on any atom is 0.308 e. The first-order valence-corrected chi connectivity index (χ1v) is 12.0. The molecule has 0 aliphatic carbocycles. The summed E-state index contributed by atoms with van der Waals surface area (Å²) in [4.78, 5) is 26.2. The number of hydrogen-bond donors (Lipinski definition) is 1. The molecule has 0 bridgehead atoms. The predicted molar refractivity (Wildman–Crippen MR) is 123 cm³/mol. The molecule has 0 fully saturated rings. The van der Waals surface area contributed by atoms with Crippen LogP contribution in [0.3, 0.4) is 0 Å². The highest BCUT2D eigenvalue weighted by Crippen LogP contribution is 2.23. The second-order valence-corrected chi connectivity index (χ2v) is 9.41. The number of unbranched alkanes of at least 4 members (excludes halogenated alkanes) is 8. The maximum atomic E-state index is 12.1. The van der Waals surface area contributed by atoms with Crippen LogP contribution in [0.4, 0.5) is 0 Å². The van der Waals surface area contributed by atoms with Crippen molar-refractivity contribution in [3.63, 3.8) is 0 Å². The number of esters is 2. The predicted octanol–water partition coefficient (Wildman–Crippen LogP) is 5.27. The molecule has 0 heterocycles. The van der Waals surface area contributed by atoms with Crippen LogP contribution >= 0.6 is 12.6 Å². The third kappa shape index (κ3) is 17.8. The molecule has 0 saturated heterocycles. The lowest BCUT2D eigenvalue weighted by molar-refractivity contribution is -0.162. The zero-order chi connectivity index (χ0) is 22.1. The molecule has 0 aromatic rings. The summed E-state index contributed by atoms with van der Waals surface area (Å²) in [6.45, 7) is 6.63. The third-order valence-corrected chi connectivity index (χ3v) is 5.23. The SMILES string of the molecule is CC(CC(C)(C)OC(=O)CCCCCCCCCCCS)C(=O)OCCN(C)C. The minimum absolute atomic E-state index is 0.171. The minimum atomic E-state index is -0.663. The molecule has 1 atom stereocenters. The van der Waals surface area contributed by atoms with Gasteiger partial charge in [-0.25, -0.2) is 0 Å². The zero-order valence-electron chi connectivity index (χ0n) is 19.5. The number of ether oxygens (including phenoxy) is 2. The number of carbonyl (C=O) groups is 2. The first kappa shape index (κ1) is 28.2. The molecule has 6 heteroatoms. The van der Waals surface area contributed by atoms with Crippen molar-refractivity contribution in [3.8, 4) is 0 Å². The molecule has 0 radical (unpaired) electrons. The van der Waals surface area contributed by atoms with E-state index in [1.807, 2.05) is 39.8 Å². The van der Waals surface area contributed by atoms with Gasteiger partial charge in [-0.05, 0) is 53.0 Å². The molecular weight excluding hydrogens is 386 g/mol. The van der Waals surface area contributed by atoms with Crippen molar-refractivity contribution >= 4 is 24.6 Å². The second kappa shape index (κ2) is 17.0. The summed E-state index contributed by atoms with van der Waals surface area (Å²) in [5.41, 5.74) is -0.663. The molecule has 0 aliphatic heterocycles. The first-order valence-electron chi connectivity index (χ1n) is 11.3. The monoisotopic (exact) mass is 431 g/mol. The van der Waals surface area contributed by atoms with Crippen LogP contribution < -0.4 is 0 Å². The second-order valence-electron chi connectivity index (χ2n) is 8.97. The molecule has 29 heavy (non-hydrogen) atoms. The topological polar surface area (TPSA) is 55.8 Å². The van der Waals surface area contributed by atoms with Crippen LogP contribution in [0.2, 0.25) is 0 Å². The van der Waals surface area contributed by atoms with Gasteiger partial charge in [0.05, 0.1) is 5.92 Å². The van der Waals surface area contributed by atoms with Crippen LogP contribution in [0.5, 0.6) is 0 Å². The molecule has 172 valence electrons. The van der Waals surface area contributed by atoms with Crippen LogP contribution in [-0.2, 0) is 19.1 Å². The minimum Gasteiger partial charge on any atom is -0.464 e. The van der Waals surface area contributed by atoms with Gasteiger partial charge in [-0.2, -0.15) is 12.6 Å². The van der Waals surface area contributed by atoms with Gasteiger partial charge < -0.3 is 14.4 Å². The van der Waals surface area contributed by atoms with E-state index in [2.05, 4.69) is 12.6 Å². The maximum absolute atomic E-state index is 12.1. The normalized spacial score (nSPS) is 12.8. The fourth-order valence-electron chi connectivity index (χ4n) is 3.31. The van der Waals surface area contributed by atoms with Gasteiger partial charge >= 0.3 is 11.9 Å². The summed E-state index contributed by atoms with van der Waals surface area (Å²) in [7, 11) is 3.87. The van der Waals surface area contributed by atoms with E-state index in [1.54, 1.807) is 0 Å². The Kier molecular flexibility index (Phi) is 16.5. The van der Waals surface area contributed by atoms with Crippen LogP contribution in [0.25, 0.3) is 0 Å². The van der Waals surface area contributed by atoms with Gasteiger partial charge in [0.1, 0.15) is 12.2 Å². The highest BCUT2D eigenvalue weighted by Gasteiger charge is 2.29. The van der Waals surface area contributed by atoms with Gasteiger partial charge in [0, 0.05) is 13.0 Å². The van der Waals surface area contributed by atoms with E-state index in [0.717, 1.165) is 18.6 Å². The fourth-order valence-corrected chi connectivity index (χ4v) is 3.53. The van der Waals surface area contributed by atoms with Crippen molar-refractivity contribution in [3.05, 3.63) is 0 Å². The Labute approximate surface area is 184 Å². The Morgan fingerprint density at radius 3 is 1.97 bits per heavy atom. The average molecular weight is 432 g/mol. The standard InChI is InChI=1S/C23H45NO4S/c1-20(22(26)27-17-16-24(4)5)19-23(2,3)28-21(25)15-13-11-9-7-6-8-10-12-14-18-29/h20,29H,6-19H2,1-5H3. The van der Waals surface area contributed by atoms with Crippen LogP contribution in [0, 0.1) is 5.92 Å². The highest BCUT2D eigenvalue weighted by atomic mass is 32.1. The van der Waals surface area contributed by atoms with E-state index in [4.69, 9.17) is 9.47 Å². The number of thiol groups is 1. The Morgan fingerprint density at radius 2 is 1.45 bits per heavy atom. The largest absolute Gasteiger partial charge is 0.464 e. The quantitative estimate of drug-likeness (QED) is 0.182. The number of likely N-dealkylation sites (N-methyl/N-ethyl adjacent to an activating group) is 1. The Balaban J connectivity index is 3.85. The number of nitrogens with zero attached hydrogens (tertiary/aromatic N) is 1. The van der Waals surface area contributed by atoms with Gasteiger partial charge in [0.2, 0.25) is 0 Å². The summed E-state index contributed by atoms with van der Waals surface area (Å²) in [6, 6.07) is 0. The number of hydrogen-bond acceptors (Lipinski definition) is 6. The molecular formula is C23H45NO4S. The van der Waals surface area contributed by atoms with E-state index in [9.17, 15) is 9.59 Å². The van der Waals surface area contributed by atoms with Gasteiger partial charge in [0.25, 0.3) is 0 Å². The molecule has 1 unspecified atom stereocenters. The smallest absolute Gasteiger partial charge is 0.308 e. The van der Waals surface area contributed by atoms with Gasteiger partial charge in [-0.3, -0.25) is 9.59 Å². The summed E-state index contributed by atoms with van der Waals surface area (Å²) in [6.07, 6.45) is 11.7. The van der Waals surface area contributed by atoms with Crippen LogP contribution in [-0.4, -0.2) is 55.4 Å². The van der Waals surface area contributed by atoms with E-state index >= 15 is 0 Å². The van der Waals surface area contributed by atoms with Crippen molar-refractivity contribution < 1.29 is 19.1 Å². The highest BCUT2D eigenvalue weighted by molar-refractivity contribution is 7.80. The molecule has 0 rings (SSSR count). The van der Waals surface area contributed by atoms with Crippen LogP contribution in [0.1, 0.15) is 91.4 Å². The lowest BCUT2D eigenvalue weighted by Gasteiger charge is -2.27. The summed E-state index contributed by atoms with van der Waals surface area (Å²) in [5, 5.41) is 0. The van der Waals surface area contributed by atoms with Gasteiger partial charge in [-0.1, -0.05) is 51.9 Å². The molecule has 0 aliphatic rings. The number of carbonyl (C=O) groups excluding carboxylic acids is 2. The zero-order valence-corrected chi connectivity index (χ0v) is 20.4. The van der Waals surface area contributed by atoms with Gasteiger partial charge in [-0.15, -0.1) is 0 Å². The number of rotatable bonds is 18. The lowest BCUT2D eigenvalue weighted by atomic mass is 9.94. The molecule has 0 aromatic heterocycles. The molecule has 5 nitrogen and oxygen atoms in total. The van der Waals surface area contributed by atoms with E-state index < -0.39 is 5.60 Å². The van der Waals surface area contributed by atoms with Crippen molar-refractivity contribution in [2.24, 2.45) is 5.92 Å². The summed E-state index contributed by atoms with van der Waals surface area (Å²) in [5.74, 6) is 0.288. The summed E-state index contributed by atoms with van der Waals surface area (Å²) >= 11 is 4.23. The van der Waals surface area contributed by atoms with E-state index in [-0.39, 0.29) is 17.9 Å². The average Bonchev–Trinajstić information content (AvgIpc) is 2.61. The molecule has 0 aromatic carbocycles. The Hall–Kier alpha value is -0.750. The Morgan fingerprint density at radius 1 is 0.931 bits per heavy atom. The molecule has 0 amide bonds. The lowest BCUT2D eigenvalue weighted by Crippen LogP contribution is -2.33. The van der Waals surface area contributed by atoms with Crippen molar-refractivity contribution in [2.45, 2.75) is 97.0 Å². The van der Waals surface area contributed by atoms with Crippen LogP contribution in [0.15, 0.2) is 0 Å². The Bertz CT molecular complexity index is 441. The third-order valence-electron chi connectivity index (χ3n) is 4.91. The van der Waals surface area contributed by atoms with Crippen molar-refractivity contribution in [1.29, 1.82) is 0 Å². The molecule has 0 N–H and O–H groups in total. The molecule has 0 saturated carbocycles. The van der Waals surface area contributed by atoms with Crippen molar-refractivity contribution in [1.82, 2.24) is 4.90 Å². The summed E-state index contributed by atoms with van der Waals surface area (Å²) < 4.78 is 10.9. The fraction of sp³-hybridized carbons (Fsp3) is 0.913. The van der Waals surface area contributed by atoms with Crippen molar-refractivity contribution in [2.75, 3.05) is 33.0 Å². The van der Waals surface area contributed by atoms with Gasteiger partial charge in [0.15, 0.2) is 0 Å². The van der Waals surface area contributed by atoms with E-state index in [1.165, 1.54) is 44.9 Å². The molecule has 0 spiro atoms. The van der Waals surface area contributed by atoms with E-state index in [0.29, 0.717) is 26.0 Å².